The maximum absolute atomic E-state index is 11.3. The summed E-state index contributed by atoms with van der Waals surface area (Å²) in [6.07, 6.45) is 29.2. The molecule has 0 heterocycles. The Morgan fingerprint density at radius 3 is 0.974 bits per heavy atom. The summed E-state index contributed by atoms with van der Waals surface area (Å²) in [5, 5.41) is 0. The standard InChI is InChI=1S/C36H58O2/c1-29(2)16-10-17-30(3)18-11-19-31(4)20-12-21-32(5)22-13-23-33(6)24-14-25-34(7)26-15-27-35(8)28-36(37)38-9/h16,18,20,22,24,26,28H,10-15,17,19,21,23,25,27H2,1-9H3/b30-18+,31-20+,32-22+,33-24+,34-26+,35-28+. The lowest BCUT2D eigenvalue weighted by molar-refractivity contribution is -0.134. The molecule has 2 nitrogen and oxygen atoms in total. The van der Waals surface area contributed by atoms with Gasteiger partial charge in [0.15, 0.2) is 0 Å². The molecule has 0 saturated carbocycles. The van der Waals surface area contributed by atoms with Crippen LogP contribution in [0.3, 0.4) is 0 Å². The fraction of sp³-hybridized carbons (Fsp3) is 0.583. The Balaban J connectivity index is 4.19. The minimum absolute atomic E-state index is 0.267. The van der Waals surface area contributed by atoms with Gasteiger partial charge in [-0.25, -0.2) is 4.79 Å². The highest BCUT2D eigenvalue weighted by molar-refractivity contribution is 5.82. The molecule has 0 aliphatic rings. The molecule has 0 amide bonds. The predicted molar refractivity (Wildman–Crippen MR) is 169 cm³/mol. The average molecular weight is 523 g/mol. The van der Waals surface area contributed by atoms with Gasteiger partial charge in [0.2, 0.25) is 0 Å². The molecule has 0 rings (SSSR count). The summed E-state index contributed by atoms with van der Waals surface area (Å²) < 4.78 is 4.68. The number of hydrogen-bond donors (Lipinski definition) is 0. The van der Waals surface area contributed by atoms with E-state index in [-0.39, 0.29) is 5.97 Å². The minimum atomic E-state index is -0.267. The lowest BCUT2D eigenvalue weighted by atomic mass is 10.0. The van der Waals surface area contributed by atoms with Crippen LogP contribution in [0.2, 0.25) is 0 Å². The summed E-state index contributed by atoms with van der Waals surface area (Å²) in [6, 6.07) is 0. The van der Waals surface area contributed by atoms with Crippen molar-refractivity contribution in [2.75, 3.05) is 7.11 Å². The Morgan fingerprint density at radius 1 is 0.447 bits per heavy atom. The summed E-state index contributed by atoms with van der Waals surface area (Å²) in [5.41, 5.74) is 9.92. The Labute approximate surface area is 236 Å². The zero-order valence-electron chi connectivity index (χ0n) is 26.3. The van der Waals surface area contributed by atoms with E-state index in [1.54, 1.807) is 6.08 Å². The SMILES string of the molecule is COC(=O)/C=C(\C)CC/C=C(\C)CC/C=C(\C)CC/C=C(\C)CC/C=C(\C)CC/C=C(\C)CCC=C(C)C. The average Bonchev–Trinajstić information content (AvgIpc) is 2.83. The normalized spacial score (nSPS) is 14.1. The van der Waals surface area contributed by atoms with E-state index in [9.17, 15) is 4.79 Å². The first-order valence-corrected chi connectivity index (χ1v) is 14.7. The highest BCUT2D eigenvalue weighted by Gasteiger charge is 1.98. The molecule has 0 saturated heterocycles. The molecular formula is C36H58O2. The van der Waals surface area contributed by atoms with E-state index in [2.05, 4.69) is 89.7 Å². The number of carbonyl (C=O) groups is 1. The number of methoxy groups -OCH3 is 1. The second-order valence-corrected chi connectivity index (χ2v) is 11.3. The third kappa shape index (κ3) is 22.8. The first-order chi connectivity index (χ1) is 18.0. The first kappa shape index (κ1) is 35.6. The second kappa shape index (κ2) is 22.6. The van der Waals surface area contributed by atoms with Crippen molar-refractivity contribution in [1.29, 1.82) is 0 Å². The van der Waals surface area contributed by atoms with Crippen LogP contribution in [-0.2, 0) is 9.53 Å². The summed E-state index contributed by atoms with van der Waals surface area (Å²) in [5.74, 6) is -0.267. The maximum atomic E-state index is 11.3. The third-order valence-electron chi connectivity index (χ3n) is 6.81. The van der Waals surface area contributed by atoms with Crippen molar-refractivity contribution < 1.29 is 9.53 Å². The molecule has 0 aromatic heterocycles. The van der Waals surface area contributed by atoms with Crippen LogP contribution in [0.1, 0.15) is 132 Å². The number of rotatable bonds is 19. The molecule has 0 unspecified atom stereocenters. The van der Waals surface area contributed by atoms with Crippen molar-refractivity contribution in [2.45, 2.75) is 132 Å². The Hall–Kier alpha value is -2.35. The summed E-state index contributed by atoms with van der Waals surface area (Å²) in [6.45, 7) is 17.6. The van der Waals surface area contributed by atoms with Gasteiger partial charge in [-0.05, 0) is 132 Å². The van der Waals surface area contributed by atoms with Gasteiger partial charge in [0.1, 0.15) is 0 Å². The largest absolute Gasteiger partial charge is 0.466 e. The number of carbonyl (C=O) groups excluding carboxylic acids is 1. The van der Waals surface area contributed by atoms with Gasteiger partial charge in [-0.1, -0.05) is 75.5 Å². The van der Waals surface area contributed by atoms with Crippen molar-refractivity contribution in [3.8, 4) is 0 Å². The molecule has 2 heteroatoms. The molecule has 0 aliphatic heterocycles. The van der Waals surface area contributed by atoms with E-state index in [0.717, 1.165) is 69.8 Å². The van der Waals surface area contributed by atoms with Crippen molar-refractivity contribution in [3.63, 3.8) is 0 Å². The van der Waals surface area contributed by atoms with Crippen LogP contribution in [0, 0.1) is 0 Å². The highest BCUT2D eigenvalue weighted by atomic mass is 16.5. The van der Waals surface area contributed by atoms with Crippen LogP contribution >= 0.6 is 0 Å². The quantitative estimate of drug-likeness (QED) is 0.0957. The zero-order chi connectivity index (χ0) is 28.8. The highest BCUT2D eigenvalue weighted by Crippen LogP contribution is 2.16. The van der Waals surface area contributed by atoms with Crippen molar-refractivity contribution in [3.05, 3.63) is 81.5 Å². The molecule has 214 valence electrons. The Morgan fingerprint density at radius 2 is 0.711 bits per heavy atom. The van der Waals surface area contributed by atoms with E-state index in [1.165, 1.54) is 53.4 Å². The van der Waals surface area contributed by atoms with E-state index in [4.69, 9.17) is 0 Å². The molecule has 0 N–H and O–H groups in total. The van der Waals surface area contributed by atoms with Crippen LogP contribution in [0.5, 0.6) is 0 Å². The molecule has 0 aromatic carbocycles. The minimum Gasteiger partial charge on any atom is -0.466 e. The van der Waals surface area contributed by atoms with Gasteiger partial charge < -0.3 is 4.74 Å². The number of allylic oxidation sites excluding steroid dienone is 13. The molecular weight excluding hydrogens is 464 g/mol. The fourth-order valence-electron chi connectivity index (χ4n) is 4.16. The Kier molecular flexibility index (Phi) is 21.2. The van der Waals surface area contributed by atoms with E-state index in [0.29, 0.717) is 0 Å². The molecule has 0 spiro atoms. The summed E-state index contributed by atoms with van der Waals surface area (Å²) in [4.78, 5) is 11.3. The topological polar surface area (TPSA) is 26.3 Å². The molecule has 0 atom stereocenters. The smallest absolute Gasteiger partial charge is 0.330 e. The zero-order valence-corrected chi connectivity index (χ0v) is 26.3. The van der Waals surface area contributed by atoms with Crippen molar-refractivity contribution in [2.24, 2.45) is 0 Å². The summed E-state index contributed by atoms with van der Waals surface area (Å²) >= 11 is 0. The van der Waals surface area contributed by atoms with Gasteiger partial charge in [0, 0.05) is 6.08 Å². The van der Waals surface area contributed by atoms with Crippen molar-refractivity contribution >= 4 is 5.97 Å². The van der Waals surface area contributed by atoms with Gasteiger partial charge in [-0.3, -0.25) is 0 Å². The van der Waals surface area contributed by atoms with Gasteiger partial charge in [0.05, 0.1) is 7.11 Å². The lowest BCUT2D eigenvalue weighted by Gasteiger charge is -2.04. The second-order valence-electron chi connectivity index (χ2n) is 11.3. The predicted octanol–water partition coefficient (Wildman–Crippen LogP) is 11.5. The molecule has 0 bridgehead atoms. The number of esters is 1. The van der Waals surface area contributed by atoms with Crippen LogP contribution in [-0.4, -0.2) is 13.1 Å². The van der Waals surface area contributed by atoms with Gasteiger partial charge in [-0.2, -0.15) is 0 Å². The first-order valence-electron chi connectivity index (χ1n) is 14.7. The van der Waals surface area contributed by atoms with E-state index < -0.39 is 0 Å². The van der Waals surface area contributed by atoms with E-state index in [1.807, 2.05) is 6.92 Å². The molecule has 0 radical (unpaired) electrons. The lowest BCUT2D eigenvalue weighted by Crippen LogP contribution is -1.95. The van der Waals surface area contributed by atoms with Gasteiger partial charge in [0.25, 0.3) is 0 Å². The molecule has 0 aromatic rings. The van der Waals surface area contributed by atoms with Crippen LogP contribution in [0.4, 0.5) is 0 Å². The van der Waals surface area contributed by atoms with Gasteiger partial charge >= 0.3 is 5.97 Å². The molecule has 38 heavy (non-hydrogen) atoms. The van der Waals surface area contributed by atoms with Crippen LogP contribution < -0.4 is 0 Å². The molecule has 0 aliphatic carbocycles. The van der Waals surface area contributed by atoms with Crippen molar-refractivity contribution in [1.82, 2.24) is 0 Å². The fourth-order valence-corrected chi connectivity index (χ4v) is 4.16. The maximum Gasteiger partial charge on any atom is 0.330 e. The van der Waals surface area contributed by atoms with Crippen LogP contribution in [0.15, 0.2) is 81.5 Å². The number of ether oxygens (including phenoxy) is 1. The molecule has 0 fully saturated rings. The number of hydrogen-bond acceptors (Lipinski definition) is 2. The van der Waals surface area contributed by atoms with E-state index >= 15 is 0 Å². The summed E-state index contributed by atoms with van der Waals surface area (Å²) in [7, 11) is 1.42. The van der Waals surface area contributed by atoms with Crippen LogP contribution in [0.25, 0.3) is 0 Å². The third-order valence-corrected chi connectivity index (χ3v) is 6.81. The van der Waals surface area contributed by atoms with Gasteiger partial charge in [-0.15, -0.1) is 0 Å². The monoisotopic (exact) mass is 522 g/mol. The Bertz CT molecular complexity index is 896.